The second kappa shape index (κ2) is 7.84. The van der Waals surface area contributed by atoms with Gasteiger partial charge in [0.1, 0.15) is 11.5 Å². The Morgan fingerprint density at radius 1 is 1.06 bits per heavy atom. The largest absolute Gasteiger partial charge is 0.466 e. The fraction of sp³-hybridized carbons (Fsp3) is 0.154. The van der Waals surface area contributed by atoms with Crippen molar-refractivity contribution in [2.24, 2.45) is 0 Å². The summed E-state index contributed by atoms with van der Waals surface area (Å²) in [5.41, 5.74) is 4.62. The quantitative estimate of drug-likeness (QED) is 0.337. The standard InChI is InChI=1S/C26H20N2O6/c1-13-12-15(28(31)32)8-9-16(13)19-10-11-20(34-19)22-21(26(30)33-3)14(2)27-24-17-6-4-5-7-18(17)25(29)23(22)24/h4-12,22,27H,1-3H3/t22-/m1/s1. The van der Waals surface area contributed by atoms with Crippen LogP contribution in [0.4, 0.5) is 5.69 Å². The fourth-order valence-electron chi connectivity index (χ4n) is 4.68. The molecule has 0 spiro atoms. The van der Waals surface area contributed by atoms with Crippen molar-refractivity contribution < 1.29 is 23.7 Å². The number of dihydropyridines is 1. The molecule has 1 aliphatic carbocycles. The van der Waals surface area contributed by atoms with Gasteiger partial charge in [0.15, 0.2) is 5.78 Å². The Morgan fingerprint density at radius 3 is 2.47 bits per heavy atom. The molecular weight excluding hydrogens is 436 g/mol. The van der Waals surface area contributed by atoms with Gasteiger partial charge in [0.05, 0.1) is 29.2 Å². The van der Waals surface area contributed by atoms with Gasteiger partial charge >= 0.3 is 5.97 Å². The van der Waals surface area contributed by atoms with Crippen LogP contribution in [0.3, 0.4) is 0 Å². The molecule has 0 fully saturated rings. The summed E-state index contributed by atoms with van der Waals surface area (Å²) in [4.78, 5) is 36.9. The Labute approximate surface area is 194 Å². The molecule has 170 valence electrons. The maximum atomic E-state index is 13.4. The van der Waals surface area contributed by atoms with Crippen molar-refractivity contribution in [3.8, 4) is 11.3 Å². The van der Waals surface area contributed by atoms with Crippen molar-refractivity contribution >= 4 is 23.1 Å². The number of nitrogens with zero attached hydrogens (tertiary/aromatic N) is 1. The third kappa shape index (κ3) is 3.14. The minimum atomic E-state index is -0.768. The van der Waals surface area contributed by atoms with Crippen LogP contribution in [0.1, 0.15) is 40.1 Å². The van der Waals surface area contributed by atoms with Crippen LogP contribution in [0.25, 0.3) is 17.0 Å². The molecule has 8 heteroatoms. The predicted molar refractivity (Wildman–Crippen MR) is 124 cm³/mol. The highest BCUT2D eigenvalue weighted by Crippen LogP contribution is 2.47. The van der Waals surface area contributed by atoms with Crippen molar-refractivity contribution in [3.05, 3.63) is 104 Å². The molecule has 0 amide bonds. The molecule has 2 aromatic carbocycles. The fourth-order valence-corrected chi connectivity index (χ4v) is 4.68. The van der Waals surface area contributed by atoms with Gasteiger partial charge in [0, 0.05) is 40.1 Å². The van der Waals surface area contributed by atoms with E-state index in [-0.39, 0.29) is 11.5 Å². The van der Waals surface area contributed by atoms with E-state index >= 15 is 0 Å². The van der Waals surface area contributed by atoms with Crippen molar-refractivity contribution in [2.45, 2.75) is 19.8 Å². The molecule has 34 heavy (non-hydrogen) atoms. The summed E-state index contributed by atoms with van der Waals surface area (Å²) in [5, 5.41) is 14.3. The Hall–Kier alpha value is -4.46. The first-order chi connectivity index (χ1) is 16.3. The average molecular weight is 456 g/mol. The van der Waals surface area contributed by atoms with Crippen LogP contribution < -0.4 is 5.32 Å². The Balaban J connectivity index is 1.65. The maximum Gasteiger partial charge on any atom is 0.336 e. The molecule has 1 N–H and O–H groups in total. The summed E-state index contributed by atoms with van der Waals surface area (Å²) < 4.78 is 11.2. The van der Waals surface area contributed by atoms with Crippen LogP contribution in [0.5, 0.6) is 0 Å². The SMILES string of the molecule is COC(=O)C1=C(C)NC2=C(C(=O)c3ccccc32)[C@@H]1c1ccc(-c2ccc([N+](=O)[O-])cc2C)o1. The number of ether oxygens (including phenoxy) is 1. The molecule has 0 radical (unpaired) electrons. The molecule has 0 bridgehead atoms. The normalized spacial score (nSPS) is 16.8. The monoisotopic (exact) mass is 456 g/mol. The van der Waals surface area contributed by atoms with Gasteiger partial charge in [-0.1, -0.05) is 24.3 Å². The number of hydrogen-bond acceptors (Lipinski definition) is 7. The number of Topliss-reactive ketones (excluding diaryl/α,β-unsaturated/α-hetero) is 1. The third-order valence-electron chi connectivity index (χ3n) is 6.25. The number of ketones is 1. The minimum absolute atomic E-state index is 0.0120. The molecule has 2 heterocycles. The van der Waals surface area contributed by atoms with Crippen LogP contribution >= 0.6 is 0 Å². The van der Waals surface area contributed by atoms with E-state index in [0.717, 1.165) is 5.56 Å². The number of hydrogen-bond donors (Lipinski definition) is 1. The number of furan rings is 1. The highest BCUT2D eigenvalue weighted by molar-refractivity contribution is 6.23. The van der Waals surface area contributed by atoms with Crippen LogP contribution in [0.15, 0.2) is 75.9 Å². The van der Waals surface area contributed by atoms with Crippen LogP contribution in [0.2, 0.25) is 0 Å². The van der Waals surface area contributed by atoms with Gasteiger partial charge in [0.25, 0.3) is 5.69 Å². The molecule has 0 saturated carbocycles. The number of aryl methyl sites for hydroxylation is 1. The van der Waals surface area contributed by atoms with Gasteiger partial charge in [-0.15, -0.1) is 0 Å². The zero-order valence-electron chi connectivity index (χ0n) is 18.7. The van der Waals surface area contributed by atoms with Gasteiger partial charge in [-0.3, -0.25) is 14.9 Å². The molecule has 1 aromatic heterocycles. The molecule has 2 aliphatic rings. The first kappa shape index (κ1) is 21.4. The zero-order chi connectivity index (χ0) is 24.1. The van der Waals surface area contributed by atoms with Gasteiger partial charge in [-0.25, -0.2) is 4.79 Å². The van der Waals surface area contributed by atoms with Crippen molar-refractivity contribution in [2.75, 3.05) is 7.11 Å². The molecular formula is C26H20N2O6. The highest BCUT2D eigenvalue weighted by atomic mass is 16.6. The lowest BCUT2D eigenvalue weighted by atomic mass is 9.83. The van der Waals surface area contributed by atoms with E-state index in [4.69, 9.17) is 9.15 Å². The first-order valence-corrected chi connectivity index (χ1v) is 10.6. The Bertz CT molecular complexity index is 1460. The third-order valence-corrected chi connectivity index (χ3v) is 6.25. The average Bonchev–Trinajstić information content (AvgIpc) is 3.41. The van der Waals surface area contributed by atoms with E-state index in [1.165, 1.54) is 19.2 Å². The maximum absolute atomic E-state index is 13.4. The number of non-ortho nitro benzene ring substituents is 1. The number of fused-ring (bicyclic) bond motifs is 2. The number of nitro groups is 1. The Kier molecular flexibility index (Phi) is 4.93. The summed E-state index contributed by atoms with van der Waals surface area (Å²) in [6.07, 6.45) is 0. The molecule has 5 rings (SSSR count). The van der Waals surface area contributed by atoms with Crippen molar-refractivity contribution in [3.63, 3.8) is 0 Å². The zero-order valence-corrected chi connectivity index (χ0v) is 18.7. The van der Waals surface area contributed by atoms with E-state index in [0.29, 0.717) is 50.8 Å². The molecule has 1 aliphatic heterocycles. The number of carbonyl (C=O) groups excluding carboxylic acids is 2. The van der Waals surface area contributed by atoms with E-state index in [9.17, 15) is 19.7 Å². The summed E-state index contributed by atoms with van der Waals surface area (Å²) in [5.74, 6) is -0.623. The number of carbonyl (C=O) groups is 2. The molecule has 1 atom stereocenters. The smallest absolute Gasteiger partial charge is 0.336 e. The molecule has 0 unspecified atom stereocenters. The lowest BCUT2D eigenvalue weighted by Gasteiger charge is -2.27. The lowest BCUT2D eigenvalue weighted by molar-refractivity contribution is -0.384. The summed E-state index contributed by atoms with van der Waals surface area (Å²) in [6.45, 7) is 3.52. The Morgan fingerprint density at radius 2 is 1.79 bits per heavy atom. The van der Waals surface area contributed by atoms with Crippen LogP contribution in [-0.2, 0) is 9.53 Å². The first-order valence-electron chi connectivity index (χ1n) is 10.6. The van der Waals surface area contributed by atoms with Crippen LogP contribution in [0, 0.1) is 17.0 Å². The number of rotatable bonds is 4. The second-order valence-corrected chi connectivity index (χ2v) is 8.21. The van der Waals surface area contributed by atoms with Crippen molar-refractivity contribution in [1.29, 1.82) is 0 Å². The lowest BCUT2D eigenvalue weighted by Crippen LogP contribution is -2.28. The number of allylic oxidation sites excluding steroid dienone is 2. The predicted octanol–water partition coefficient (Wildman–Crippen LogP) is 4.90. The van der Waals surface area contributed by atoms with Gasteiger partial charge in [-0.2, -0.15) is 0 Å². The number of nitrogens with one attached hydrogen (secondary N) is 1. The summed E-state index contributed by atoms with van der Waals surface area (Å²) in [6, 6.07) is 15.3. The summed E-state index contributed by atoms with van der Waals surface area (Å²) in [7, 11) is 1.29. The molecule has 3 aromatic rings. The van der Waals surface area contributed by atoms with Gasteiger partial charge in [0.2, 0.25) is 0 Å². The topological polar surface area (TPSA) is 112 Å². The number of esters is 1. The van der Waals surface area contributed by atoms with E-state index < -0.39 is 16.8 Å². The van der Waals surface area contributed by atoms with E-state index in [1.54, 1.807) is 44.2 Å². The van der Waals surface area contributed by atoms with E-state index in [1.807, 2.05) is 12.1 Å². The van der Waals surface area contributed by atoms with Crippen LogP contribution in [-0.4, -0.2) is 23.8 Å². The summed E-state index contributed by atoms with van der Waals surface area (Å²) >= 11 is 0. The van der Waals surface area contributed by atoms with Gasteiger partial charge in [-0.05, 0) is 37.6 Å². The molecule has 0 saturated heterocycles. The second-order valence-electron chi connectivity index (χ2n) is 8.21. The van der Waals surface area contributed by atoms with Crippen molar-refractivity contribution in [1.82, 2.24) is 5.32 Å². The number of nitro benzene ring substituents is 1. The highest BCUT2D eigenvalue weighted by Gasteiger charge is 2.44. The number of benzene rings is 2. The van der Waals surface area contributed by atoms with E-state index in [2.05, 4.69) is 5.32 Å². The minimum Gasteiger partial charge on any atom is -0.466 e. The number of methoxy groups -OCH3 is 1. The molecule has 8 nitrogen and oxygen atoms in total. The van der Waals surface area contributed by atoms with Gasteiger partial charge < -0.3 is 14.5 Å².